The molecule has 0 radical (unpaired) electrons. The van der Waals surface area contributed by atoms with Crippen LogP contribution in [0.3, 0.4) is 0 Å². The summed E-state index contributed by atoms with van der Waals surface area (Å²) in [5, 5.41) is 10.6. The second-order valence-corrected chi connectivity index (χ2v) is 6.92. The number of aliphatic hydroxyl groups excluding tert-OH is 1. The van der Waals surface area contributed by atoms with Crippen molar-refractivity contribution in [3.8, 4) is 0 Å². The minimum Gasteiger partial charge on any atom is -0.457 e. The Hall–Kier alpha value is -1.88. The van der Waals surface area contributed by atoms with Gasteiger partial charge in [0.15, 0.2) is 0 Å². The molecule has 24 heavy (non-hydrogen) atoms. The number of esters is 2. The minimum absolute atomic E-state index is 0.234. The van der Waals surface area contributed by atoms with E-state index in [1.54, 1.807) is 13.8 Å². The molecule has 0 amide bonds. The molecular weight excluding hydrogens is 308 g/mol. The van der Waals surface area contributed by atoms with E-state index in [0.29, 0.717) is 0 Å². The van der Waals surface area contributed by atoms with Gasteiger partial charge in [-0.3, -0.25) is 4.79 Å². The standard InChI is InChI=1S/C19H26O5/c1-10(2)18(21)23-14-9-11(3)7-6-8-12(4)16(20)17-15(14)13(5)19(22)24-17/h8-10,14-17,20H,5-7H2,1-4H3. The molecule has 4 atom stereocenters. The summed E-state index contributed by atoms with van der Waals surface area (Å²) < 4.78 is 11.0. The number of aliphatic hydroxyl groups is 1. The van der Waals surface area contributed by atoms with Crippen LogP contribution in [0.25, 0.3) is 0 Å². The SMILES string of the molecule is C=C1C(=O)OC2C(O)C(C)=CCCC(C)=CC(OC(=O)C(C)C)C12. The highest BCUT2D eigenvalue weighted by atomic mass is 16.6. The van der Waals surface area contributed by atoms with Crippen molar-refractivity contribution in [1.29, 1.82) is 0 Å². The lowest BCUT2D eigenvalue weighted by Crippen LogP contribution is -2.40. The van der Waals surface area contributed by atoms with Crippen LogP contribution < -0.4 is 0 Å². The van der Waals surface area contributed by atoms with Crippen molar-refractivity contribution in [2.45, 2.75) is 58.8 Å². The molecule has 4 unspecified atom stereocenters. The van der Waals surface area contributed by atoms with Crippen LogP contribution in [0.4, 0.5) is 0 Å². The summed E-state index contributed by atoms with van der Waals surface area (Å²) in [4.78, 5) is 24.1. The summed E-state index contributed by atoms with van der Waals surface area (Å²) in [6.45, 7) is 11.1. The molecule has 2 rings (SSSR count). The molecule has 1 fully saturated rings. The highest BCUT2D eigenvalue weighted by Crippen LogP contribution is 2.36. The van der Waals surface area contributed by atoms with E-state index >= 15 is 0 Å². The first-order chi connectivity index (χ1) is 11.2. The van der Waals surface area contributed by atoms with Gasteiger partial charge in [0.1, 0.15) is 18.3 Å². The highest BCUT2D eigenvalue weighted by Gasteiger charge is 2.48. The molecule has 0 spiro atoms. The summed E-state index contributed by atoms with van der Waals surface area (Å²) in [6, 6.07) is 0. The first-order valence-corrected chi connectivity index (χ1v) is 8.34. The van der Waals surface area contributed by atoms with Gasteiger partial charge in [-0.2, -0.15) is 0 Å². The second kappa shape index (κ2) is 7.34. The zero-order valence-electron chi connectivity index (χ0n) is 14.7. The van der Waals surface area contributed by atoms with Crippen molar-refractivity contribution in [2.24, 2.45) is 11.8 Å². The third-order valence-electron chi connectivity index (χ3n) is 4.57. The molecule has 1 aliphatic carbocycles. The zero-order chi connectivity index (χ0) is 18.0. The number of allylic oxidation sites excluding steroid dienone is 2. The quantitative estimate of drug-likeness (QED) is 0.477. The van der Waals surface area contributed by atoms with Crippen LogP contribution in [0.5, 0.6) is 0 Å². The molecule has 5 heteroatoms. The largest absolute Gasteiger partial charge is 0.457 e. The average Bonchev–Trinajstić information content (AvgIpc) is 2.80. The van der Waals surface area contributed by atoms with Crippen LogP contribution >= 0.6 is 0 Å². The van der Waals surface area contributed by atoms with Crippen LogP contribution in [0.2, 0.25) is 0 Å². The lowest BCUT2D eigenvalue weighted by atomic mass is 9.84. The Morgan fingerprint density at radius 2 is 2.08 bits per heavy atom. The van der Waals surface area contributed by atoms with Gasteiger partial charge in [-0.15, -0.1) is 0 Å². The van der Waals surface area contributed by atoms with Crippen molar-refractivity contribution in [3.05, 3.63) is 35.5 Å². The molecule has 0 aromatic rings. The molecule has 1 N–H and O–H groups in total. The monoisotopic (exact) mass is 334 g/mol. The summed E-state index contributed by atoms with van der Waals surface area (Å²) in [6.07, 6.45) is 2.95. The van der Waals surface area contributed by atoms with Gasteiger partial charge in [0, 0.05) is 5.57 Å². The summed E-state index contributed by atoms with van der Waals surface area (Å²) in [7, 11) is 0. The minimum atomic E-state index is -0.940. The van der Waals surface area contributed by atoms with Crippen molar-refractivity contribution in [2.75, 3.05) is 0 Å². The molecule has 1 heterocycles. The molecule has 0 bridgehead atoms. The predicted molar refractivity (Wildman–Crippen MR) is 90.0 cm³/mol. The Morgan fingerprint density at radius 3 is 2.71 bits per heavy atom. The Bertz CT molecular complexity index is 599. The Labute approximate surface area is 143 Å². The van der Waals surface area contributed by atoms with Gasteiger partial charge < -0.3 is 14.6 Å². The topological polar surface area (TPSA) is 72.8 Å². The number of hydrogen-bond acceptors (Lipinski definition) is 5. The smallest absolute Gasteiger partial charge is 0.334 e. The van der Waals surface area contributed by atoms with Crippen LogP contribution in [0, 0.1) is 11.8 Å². The van der Waals surface area contributed by atoms with Crippen molar-refractivity contribution in [1.82, 2.24) is 0 Å². The maximum absolute atomic E-state index is 12.1. The van der Waals surface area contributed by atoms with Crippen molar-refractivity contribution in [3.63, 3.8) is 0 Å². The number of hydrogen-bond donors (Lipinski definition) is 1. The Balaban J connectivity index is 2.44. The van der Waals surface area contributed by atoms with E-state index in [4.69, 9.17) is 9.47 Å². The van der Waals surface area contributed by atoms with E-state index in [0.717, 1.165) is 24.0 Å². The fraction of sp³-hybridized carbons (Fsp3) is 0.579. The first-order valence-electron chi connectivity index (χ1n) is 8.34. The fourth-order valence-corrected chi connectivity index (χ4v) is 3.01. The van der Waals surface area contributed by atoms with Gasteiger partial charge in [0.05, 0.1) is 11.8 Å². The normalized spacial score (nSPS) is 31.1. The van der Waals surface area contributed by atoms with E-state index in [2.05, 4.69) is 6.58 Å². The maximum atomic E-state index is 12.1. The lowest BCUT2D eigenvalue weighted by molar-refractivity contribution is -0.154. The maximum Gasteiger partial charge on any atom is 0.334 e. The third-order valence-corrected chi connectivity index (χ3v) is 4.57. The molecule has 0 aromatic carbocycles. The number of ether oxygens (including phenoxy) is 2. The highest BCUT2D eigenvalue weighted by molar-refractivity contribution is 5.91. The van der Waals surface area contributed by atoms with E-state index in [1.807, 2.05) is 26.0 Å². The molecule has 1 aliphatic heterocycles. The van der Waals surface area contributed by atoms with Crippen LogP contribution in [0.1, 0.15) is 40.5 Å². The van der Waals surface area contributed by atoms with Crippen LogP contribution in [-0.4, -0.2) is 35.4 Å². The van der Waals surface area contributed by atoms with Gasteiger partial charge in [-0.25, -0.2) is 4.79 Å². The molecule has 5 nitrogen and oxygen atoms in total. The van der Waals surface area contributed by atoms with Crippen molar-refractivity contribution >= 4 is 11.9 Å². The van der Waals surface area contributed by atoms with Gasteiger partial charge in [-0.1, -0.05) is 32.1 Å². The summed E-state index contributed by atoms with van der Waals surface area (Å²) in [5.41, 5.74) is 2.04. The summed E-state index contributed by atoms with van der Waals surface area (Å²) in [5.74, 6) is -1.78. The third kappa shape index (κ3) is 3.78. The van der Waals surface area contributed by atoms with Crippen molar-refractivity contribution < 1.29 is 24.2 Å². The molecular formula is C19H26O5. The number of carbonyl (C=O) groups is 2. The molecule has 132 valence electrons. The van der Waals surface area contributed by atoms with E-state index < -0.39 is 30.2 Å². The van der Waals surface area contributed by atoms with Gasteiger partial charge in [-0.05, 0) is 38.3 Å². The second-order valence-electron chi connectivity index (χ2n) is 6.92. The van der Waals surface area contributed by atoms with Gasteiger partial charge in [0.25, 0.3) is 0 Å². The lowest BCUT2D eigenvalue weighted by Gasteiger charge is -2.29. The average molecular weight is 334 g/mol. The zero-order valence-corrected chi connectivity index (χ0v) is 14.7. The first kappa shape index (κ1) is 18.5. The van der Waals surface area contributed by atoms with E-state index in [9.17, 15) is 14.7 Å². The van der Waals surface area contributed by atoms with E-state index in [1.165, 1.54) is 0 Å². The van der Waals surface area contributed by atoms with E-state index in [-0.39, 0.29) is 17.5 Å². The van der Waals surface area contributed by atoms with Gasteiger partial charge >= 0.3 is 11.9 Å². The molecule has 1 saturated heterocycles. The number of carbonyl (C=O) groups excluding carboxylic acids is 2. The predicted octanol–water partition coefficient (Wildman–Crippen LogP) is 2.70. The van der Waals surface area contributed by atoms with Crippen LogP contribution in [-0.2, 0) is 19.1 Å². The summed E-state index contributed by atoms with van der Waals surface area (Å²) >= 11 is 0. The number of fused-ring (bicyclic) bond motifs is 1. The molecule has 0 aromatic heterocycles. The number of rotatable bonds is 2. The van der Waals surface area contributed by atoms with Crippen LogP contribution in [0.15, 0.2) is 35.5 Å². The fourth-order valence-electron chi connectivity index (χ4n) is 3.01. The molecule has 2 aliphatic rings. The Kier molecular flexibility index (Phi) is 5.65. The van der Waals surface area contributed by atoms with Gasteiger partial charge in [0.2, 0.25) is 0 Å². The molecule has 0 saturated carbocycles. The Morgan fingerprint density at radius 1 is 1.42 bits per heavy atom.